The maximum absolute atomic E-state index is 15.5. The number of rotatable bonds is 10. The van der Waals surface area contributed by atoms with E-state index in [9.17, 15) is 28.7 Å². The quantitative estimate of drug-likeness (QED) is 0.168. The van der Waals surface area contributed by atoms with E-state index in [-0.39, 0.29) is 41.9 Å². The molecular weight excluding hydrogens is 591 g/mol. The minimum atomic E-state index is -1.10. The summed E-state index contributed by atoms with van der Waals surface area (Å²) >= 11 is 0. The number of amides is 1. The number of hydrogen-bond donors (Lipinski definition) is 3. The van der Waals surface area contributed by atoms with Crippen LogP contribution in [0.25, 0.3) is 0 Å². The van der Waals surface area contributed by atoms with E-state index in [0.717, 1.165) is 35.2 Å². The summed E-state index contributed by atoms with van der Waals surface area (Å²) in [5, 5.41) is 11.6. The van der Waals surface area contributed by atoms with Crippen LogP contribution in [0.5, 0.6) is 0 Å². The summed E-state index contributed by atoms with van der Waals surface area (Å²) in [5.74, 6) is -4.73. The van der Waals surface area contributed by atoms with Gasteiger partial charge < -0.3 is 20.1 Å². The highest BCUT2D eigenvalue weighted by Crippen LogP contribution is 2.30. The van der Waals surface area contributed by atoms with Crippen molar-refractivity contribution in [2.45, 2.75) is 45.8 Å². The van der Waals surface area contributed by atoms with E-state index in [1.165, 1.54) is 18.2 Å². The topological polar surface area (TPSA) is 129 Å². The number of carboxylic acids is 1. The molecule has 234 valence electrons. The summed E-state index contributed by atoms with van der Waals surface area (Å²) in [4.78, 5) is 53.2. The Balaban J connectivity index is 1.69. The summed E-state index contributed by atoms with van der Waals surface area (Å²) in [5.41, 5.74) is -1.45. The number of halogens is 3. The van der Waals surface area contributed by atoms with Gasteiger partial charge in [0.25, 0.3) is 0 Å². The molecule has 9 nitrogen and oxygen atoms in total. The van der Waals surface area contributed by atoms with Crippen LogP contribution >= 0.6 is 0 Å². The van der Waals surface area contributed by atoms with Gasteiger partial charge in [-0.3, -0.25) is 19.3 Å². The van der Waals surface area contributed by atoms with Crippen LogP contribution in [0.2, 0.25) is 0 Å². The summed E-state index contributed by atoms with van der Waals surface area (Å²) in [6, 6.07) is 15.4. The number of hydrogen-bond acceptors (Lipinski definition) is 6. The molecule has 0 saturated heterocycles. The molecule has 0 unspecified atom stereocenters. The number of carbonyl (C=O) groups excluding carboxylic acids is 2. The van der Waals surface area contributed by atoms with E-state index in [1.54, 1.807) is 45.0 Å². The first kappa shape index (κ1) is 32.5. The third-order valence-corrected chi connectivity index (χ3v) is 6.47. The fourth-order valence-electron chi connectivity index (χ4n) is 4.46. The molecule has 3 aromatic carbocycles. The highest BCUT2D eigenvalue weighted by atomic mass is 19.1. The van der Waals surface area contributed by atoms with Gasteiger partial charge in [-0.25, -0.2) is 18.0 Å². The normalized spacial score (nSPS) is 11.2. The minimum absolute atomic E-state index is 0.0265. The average molecular weight is 622 g/mol. The van der Waals surface area contributed by atoms with Gasteiger partial charge in [0.05, 0.1) is 17.8 Å². The molecule has 12 heteroatoms. The Hall–Kier alpha value is -5.39. The number of aromatic nitrogens is 1. The number of carboxylic acid groups (broad SMARTS) is 1. The number of benzene rings is 3. The molecule has 4 aromatic rings. The number of aliphatic carboxylic acids is 1. The fraction of sp³-hybridized carbons (Fsp3) is 0.212. The van der Waals surface area contributed by atoms with Crippen molar-refractivity contribution in [2.75, 3.05) is 10.2 Å². The third kappa shape index (κ3) is 8.37. The van der Waals surface area contributed by atoms with E-state index in [1.807, 2.05) is 0 Å². The number of H-pyrrole nitrogens is 1. The fourth-order valence-corrected chi connectivity index (χ4v) is 4.46. The molecule has 0 aliphatic heterocycles. The number of ketones is 1. The maximum atomic E-state index is 15.5. The third-order valence-electron chi connectivity index (χ3n) is 6.47. The number of nitrogens with one attached hydrogen (secondary N) is 2. The monoisotopic (exact) mass is 621 g/mol. The van der Waals surface area contributed by atoms with Crippen LogP contribution in [0.15, 0.2) is 77.6 Å². The number of pyridine rings is 1. The van der Waals surface area contributed by atoms with Crippen LogP contribution < -0.4 is 15.8 Å². The molecule has 0 atom stereocenters. The SMILES string of the molecule is CC(C)(C)OC(=O)N(Cc1cc(F)c(Nc2[nH]c(=O)ccc2C(=O)c2ccc(F)cc2)c(F)c1)c1ccccc1CCC(=O)O. The standard InChI is InChI=1S/C33H30F3N3O6/c1-33(2,3)45-32(44)39(26-7-5-4-6-20(26)10-15-28(41)42)18-19-16-24(35)29(25(36)17-19)38-31-23(13-14-27(40)37-31)30(43)21-8-11-22(34)12-9-21/h4-9,11-14,16-17H,10,15,18H2,1-3H3,(H,41,42)(H2,37,38,40). The zero-order valence-electron chi connectivity index (χ0n) is 24.6. The zero-order chi connectivity index (χ0) is 32.9. The highest BCUT2D eigenvalue weighted by Gasteiger charge is 2.27. The molecule has 45 heavy (non-hydrogen) atoms. The molecule has 1 heterocycles. The van der Waals surface area contributed by atoms with Crippen molar-refractivity contribution in [3.8, 4) is 0 Å². The van der Waals surface area contributed by atoms with E-state index in [0.29, 0.717) is 11.3 Å². The molecule has 0 saturated carbocycles. The minimum Gasteiger partial charge on any atom is -0.481 e. The molecule has 0 spiro atoms. The average Bonchev–Trinajstić information content (AvgIpc) is 2.96. The van der Waals surface area contributed by atoms with Gasteiger partial charge in [0.15, 0.2) is 5.78 Å². The highest BCUT2D eigenvalue weighted by molar-refractivity contribution is 6.12. The van der Waals surface area contributed by atoms with Crippen LogP contribution in [0.1, 0.15) is 54.2 Å². The first-order valence-corrected chi connectivity index (χ1v) is 13.8. The van der Waals surface area contributed by atoms with Gasteiger partial charge in [-0.05, 0) is 86.8 Å². The van der Waals surface area contributed by atoms with E-state index >= 15 is 8.78 Å². The molecule has 1 amide bonds. The van der Waals surface area contributed by atoms with Gasteiger partial charge in [-0.15, -0.1) is 0 Å². The molecule has 3 N–H and O–H groups in total. The lowest BCUT2D eigenvalue weighted by Gasteiger charge is -2.29. The molecular formula is C33H30F3N3O6. The number of nitrogens with zero attached hydrogens (tertiary/aromatic N) is 1. The molecule has 0 radical (unpaired) electrons. The lowest BCUT2D eigenvalue weighted by atomic mass is 10.0. The Labute approximate surface area is 256 Å². The van der Waals surface area contributed by atoms with Crippen LogP contribution in [0.4, 0.5) is 35.2 Å². The Kier molecular flexibility index (Phi) is 9.75. The Morgan fingerprint density at radius 1 is 0.933 bits per heavy atom. The van der Waals surface area contributed by atoms with E-state index in [2.05, 4.69) is 10.3 Å². The number of anilines is 3. The van der Waals surface area contributed by atoms with Crippen molar-refractivity contribution in [3.05, 3.63) is 123 Å². The summed E-state index contributed by atoms with van der Waals surface area (Å²) in [6.07, 6.45) is -0.945. The Bertz CT molecular complexity index is 1780. The summed E-state index contributed by atoms with van der Waals surface area (Å²) < 4.78 is 49.9. The molecule has 0 aliphatic rings. The predicted molar refractivity (Wildman–Crippen MR) is 161 cm³/mol. The van der Waals surface area contributed by atoms with Gasteiger partial charge >= 0.3 is 12.1 Å². The van der Waals surface area contributed by atoms with Gasteiger partial charge in [-0.1, -0.05) is 18.2 Å². The van der Waals surface area contributed by atoms with Crippen molar-refractivity contribution < 1.29 is 37.4 Å². The van der Waals surface area contributed by atoms with Crippen molar-refractivity contribution >= 4 is 35.0 Å². The first-order valence-electron chi connectivity index (χ1n) is 13.8. The molecule has 1 aromatic heterocycles. The van der Waals surface area contributed by atoms with Gasteiger partial charge in [0, 0.05) is 18.1 Å². The smallest absolute Gasteiger partial charge is 0.415 e. The predicted octanol–water partition coefficient (Wildman–Crippen LogP) is 6.73. The summed E-state index contributed by atoms with van der Waals surface area (Å²) in [7, 11) is 0. The van der Waals surface area contributed by atoms with E-state index < -0.39 is 52.1 Å². The van der Waals surface area contributed by atoms with Crippen molar-refractivity contribution in [3.63, 3.8) is 0 Å². The second-order valence-electron chi connectivity index (χ2n) is 11.1. The van der Waals surface area contributed by atoms with Crippen LogP contribution in [0.3, 0.4) is 0 Å². The van der Waals surface area contributed by atoms with E-state index in [4.69, 9.17) is 4.74 Å². The number of aromatic amines is 1. The lowest BCUT2D eigenvalue weighted by molar-refractivity contribution is -0.136. The zero-order valence-corrected chi connectivity index (χ0v) is 24.6. The Morgan fingerprint density at radius 3 is 2.20 bits per heavy atom. The summed E-state index contributed by atoms with van der Waals surface area (Å²) in [6.45, 7) is 4.62. The second kappa shape index (κ2) is 13.5. The molecule has 0 bridgehead atoms. The molecule has 0 aliphatic carbocycles. The molecule has 0 fully saturated rings. The Morgan fingerprint density at radius 2 is 1.58 bits per heavy atom. The first-order chi connectivity index (χ1) is 21.2. The van der Waals surface area contributed by atoms with Crippen LogP contribution in [0, 0.1) is 17.5 Å². The van der Waals surface area contributed by atoms with Gasteiger partial charge in [0.2, 0.25) is 5.56 Å². The second-order valence-corrected chi connectivity index (χ2v) is 11.1. The van der Waals surface area contributed by atoms with Crippen LogP contribution in [-0.2, 0) is 22.5 Å². The van der Waals surface area contributed by atoms with Crippen molar-refractivity contribution in [1.29, 1.82) is 0 Å². The van der Waals surface area contributed by atoms with Crippen LogP contribution in [-0.4, -0.2) is 33.5 Å². The largest absolute Gasteiger partial charge is 0.481 e. The number of carbonyl (C=O) groups is 3. The van der Waals surface area contributed by atoms with Gasteiger partial charge in [-0.2, -0.15) is 0 Å². The molecule has 4 rings (SSSR count). The number of para-hydroxylation sites is 1. The number of aryl methyl sites for hydroxylation is 1. The van der Waals surface area contributed by atoms with Crippen molar-refractivity contribution in [1.82, 2.24) is 4.98 Å². The van der Waals surface area contributed by atoms with Crippen molar-refractivity contribution in [2.24, 2.45) is 0 Å². The lowest BCUT2D eigenvalue weighted by Crippen LogP contribution is -2.37. The van der Waals surface area contributed by atoms with Gasteiger partial charge in [0.1, 0.15) is 34.6 Å². The number of ether oxygens (including phenoxy) is 1. The maximum Gasteiger partial charge on any atom is 0.415 e.